The lowest BCUT2D eigenvalue weighted by atomic mass is 10.1. The van der Waals surface area contributed by atoms with E-state index in [1.165, 1.54) is 96.7 Å². The largest absolute Gasteiger partial charge is 0.314 e. The van der Waals surface area contributed by atoms with Crippen LogP contribution in [0.4, 0.5) is 0 Å². The molecule has 0 spiro atoms. The highest BCUT2D eigenvalue weighted by Crippen LogP contribution is 2.26. The minimum absolute atomic E-state index is 0.667. The molecular weight excluding hydrogens is 390 g/mol. The summed E-state index contributed by atoms with van der Waals surface area (Å²) in [5.41, 5.74) is 0. The van der Waals surface area contributed by atoms with Crippen LogP contribution in [-0.2, 0) is 0 Å². The van der Waals surface area contributed by atoms with E-state index in [4.69, 9.17) is 0 Å². The molecule has 0 aromatic carbocycles. The molecule has 192 valence electrons. The number of nitrogens with zero attached hydrogens (tertiary/aromatic N) is 2. The molecule has 0 atom stereocenters. The van der Waals surface area contributed by atoms with Crippen LogP contribution in [0.5, 0.6) is 0 Å². The van der Waals surface area contributed by atoms with E-state index in [0.717, 1.165) is 29.8 Å². The molecule has 1 N–H and O–H groups in total. The maximum Gasteiger partial charge on any atom is 0.00356 e. The van der Waals surface area contributed by atoms with Crippen molar-refractivity contribution in [3.63, 3.8) is 0 Å². The first kappa shape index (κ1) is 29.9. The Labute approximate surface area is 203 Å². The zero-order valence-corrected chi connectivity index (χ0v) is 23.5. The third-order valence-electron chi connectivity index (χ3n) is 8.09. The number of rotatable bonds is 9. The summed E-state index contributed by atoms with van der Waals surface area (Å²) in [5.74, 6) is 2.99. The first-order chi connectivity index (χ1) is 15.2. The van der Waals surface area contributed by atoms with Crippen LogP contribution in [0, 0.1) is 17.8 Å². The van der Waals surface area contributed by atoms with Gasteiger partial charge in [-0.15, -0.1) is 0 Å². The molecule has 3 rings (SSSR count). The molecule has 0 aromatic heterocycles. The Morgan fingerprint density at radius 3 is 1.16 bits per heavy atom. The van der Waals surface area contributed by atoms with Gasteiger partial charge in [-0.05, 0) is 105 Å². The van der Waals surface area contributed by atoms with Gasteiger partial charge in [-0.2, -0.15) is 0 Å². The van der Waals surface area contributed by atoms with Gasteiger partial charge in [0, 0.05) is 31.2 Å². The van der Waals surface area contributed by atoms with E-state index in [2.05, 4.69) is 70.8 Å². The van der Waals surface area contributed by atoms with Crippen LogP contribution in [0.1, 0.15) is 119 Å². The van der Waals surface area contributed by atoms with Gasteiger partial charge in [0.25, 0.3) is 0 Å². The van der Waals surface area contributed by atoms with E-state index in [0.29, 0.717) is 6.04 Å². The molecular formula is C29H61N3. The molecule has 32 heavy (non-hydrogen) atoms. The number of nitrogens with one attached hydrogen (secondary N) is 1. The van der Waals surface area contributed by atoms with Crippen molar-refractivity contribution in [2.24, 2.45) is 17.8 Å². The average molecular weight is 452 g/mol. The first-order valence-electron chi connectivity index (χ1n) is 14.3. The van der Waals surface area contributed by atoms with Gasteiger partial charge in [0.15, 0.2) is 0 Å². The lowest BCUT2D eigenvalue weighted by Gasteiger charge is -2.24. The maximum absolute atomic E-state index is 3.49. The molecule has 3 aliphatic rings. The van der Waals surface area contributed by atoms with Crippen LogP contribution in [0.25, 0.3) is 0 Å². The normalized spacial score (nSPS) is 20.5. The van der Waals surface area contributed by atoms with Crippen LogP contribution < -0.4 is 5.32 Å². The van der Waals surface area contributed by atoms with Gasteiger partial charge in [0.2, 0.25) is 0 Å². The van der Waals surface area contributed by atoms with Crippen molar-refractivity contribution < 1.29 is 0 Å². The Balaban J connectivity index is 0.000000240. The summed E-state index contributed by atoms with van der Waals surface area (Å²) in [5, 5.41) is 3.49. The molecule has 0 radical (unpaired) electrons. The molecule has 0 bridgehead atoms. The van der Waals surface area contributed by atoms with E-state index in [1.54, 1.807) is 0 Å². The Bertz CT molecular complexity index is 388. The highest BCUT2D eigenvalue weighted by molar-refractivity contribution is 4.72. The second kappa shape index (κ2) is 17.3. The Morgan fingerprint density at radius 2 is 0.875 bits per heavy atom. The van der Waals surface area contributed by atoms with Gasteiger partial charge in [0.05, 0.1) is 0 Å². The molecule has 0 saturated heterocycles. The van der Waals surface area contributed by atoms with Gasteiger partial charge in [-0.1, -0.05) is 52.4 Å². The van der Waals surface area contributed by atoms with Crippen molar-refractivity contribution in [3.05, 3.63) is 0 Å². The van der Waals surface area contributed by atoms with Crippen molar-refractivity contribution >= 4 is 0 Å². The zero-order chi connectivity index (χ0) is 23.9. The Hall–Kier alpha value is -0.120. The van der Waals surface area contributed by atoms with Gasteiger partial charge in [-0.25, -0.2) is 0 Å². The summed E-state index contributed by atoms with van der Waals surface area (Å²) in [6.45, 7) is 17.4. The summed E-state index contributed by atoms with van der Waals surface area (Å²) in [6.07, 6.45) is 17.6. The quantitative estimate of drug-likeness (QED) is 0.399. The van der Waals surface area contributed by atoms with Crippen molar-refractivity contribution in [1.29, 1.82) is 0 Å². The molecule has 0 aromatic rings. The summed E-state index contributed by atoms with van der Waals surface area (Å²) < 4.78 is 0. The van der Waals surface area contributed by atoms with Crippen molar-refractivity contribution in [2.75, 3.05) is 33.7 Å². The van der Waals surface area contributed by atoms with Crippen LogP contribution >= 0.6 is 0 Å². The predicted octanol–water partition coefficient (Wildman–Crippen LogP) is 7.21. The van der Waals surface area contributed by atoms with Gasteiger partial charge < -0.3 is 15.1 Å². The molecule has 0 heterocycles. The Kier molecular flexibility index (Phi) is 16.2. The topological polar surface area (TPSA) is 18.5 Å². The van der Waals surface area contributed by atoms with E-state index in [1.807, 2.05) is 0 Å². The van der Waals surface area contributed by atoms with E-state index < -0.39 is 0 Å². The number of hydrogen-bond donors (Lipinski definition) is 1. The Morgan fingerprint density at radius 1 is 0.562 bits per heavy atom. The van der Waals surface area contributed by atoms with Crippen molar-refractivity contribution in [1.82, 2.24) is 15.1 Å². The van der Waals surface area contributed by atoms with Crippen molar-refractivity contribution in [3.8, 4) is 0 Å². The van der Waals surface area contributed by atoms with Crippen LogP contribution in [0.2, 0.25) is 0 Å². The summed E-state index contributed by atoms with van der Waals surface area (Å²) in [6, 6.07) is 2.10. The lowest BCUT2D eigenvalue weighted by Crippen LogP contribution is -2.30. The van der Waals surface area contributed by atoms with E-state index >= 15 is 0 Å². The summed E-state index contributed by atoms with van der Waals surface area (Å²) in [7, 11) is 4.48. The molecule has 3 heteroatoms. The first-order valence-corrected chi connectivity index (χ1v) is 14.3. The smallest absolute Gasteiger partial charge is 0.00356 e. The van der Waals surface area contributed by atoms with Crippen molar-refractivity contribution in [2.45, 2.75) is 137 Å². The molecule has 3 saturated carbocycles. The highest BCUT2D eigenvalue weighted by atomic mass is 15.1. The second-order valence-electron chi connectivity index (χ2n) is 12.1. The van der Waals surface area contributed by atoms with Gasteiger partial charge in [-0.3, -0.25) is 0 Å². The summed E-state index contributed by atoms with van der Waals surface area (Å²) in [4.78, 5) is 4.94. The van der Waals surface area contributed by atoms with Crippen LogP contribution in [0.15, 0.2) is 0 Å². The monoisotopic (exact) mass is 451 g/mol. The maximum atomic E-state index is 3.49. The highest BCUT2D eigenvalue weighted by Gasteiger charge is 2.18. The molecule has 0 unspecified atom stereocenters. The minimum atomic E-state index is 0.667. The second-order valence-corrected chi connectivity index (χ2v) is 12.1. The molecule has 0 aliphatic heterocycles. The molecule has 3 fully saturated rings. The lowest BCUT2D eigenvalue weighted by molar-refractivity contribution is 0.231. The SMILES string of the molecule is CC(C)N(C)CC1CCCC1.CC(C)N(C)CC1CCCC1.CC(C)NCC1CCCC1. The minimum Gasteiger partial charge on any atom is -0.314 e. The van der Waals surface area contributed by atoms with Crippen LogP contribution in [0.3, 0.4) is 0 Å². The fourth-order valence-electron chi connectivity index (χ4n) is 5.24. The molecule has 3 aliphatic carbocycles. The number of hydrogen-bond acceptors (Lipinski definition) is 3. The standard InChI is InChI=1S/2C10H21N.C9H19N/c2*1-9(2)11(3)8-10-6-4-5-7-10;1-8(2)10-7-9-5-3-4-6-9/h2*9-10H,4-8H2,1-3H3;8-10H,3-7H2,1-2H3. The zero-order valence-electron chi connectivity index (χ0n) is 23.5. The van der Waals surface area contributed by atoms with Gasteiger partial charge >= 0.3 is 0 Å². The third-order valence-corrected chi connectivity index (χ3v) is 8.09. The fraction of sp³-hybridized carbons (Fsp3) is 1.00. The average Bonchev–Trinajstić information content (AvgIpc) is 3.51. The molecule has 3 nitrogen and oxygen atoms in total. The van der Waals surface area contributed by atoms with Crippen LogP contribution in [-0.4, -0.2) is 61.7 Å². The third kappa shape index (κ3) is 14.2. The van der Waals surface area contributed by atoms with Gasteiger partial charge in [0.1, 0.15) is 0 Å². The van der Waals surface area contributed by atoms with E-state index in [9.17, 15) is 0 Å². The summed E-state index contributed by atoms with van der Waals surface area (Å²) >= 11 is 0. The molecule has 0 amide bonds. The fourth-order valence-corrected chi connectivity index (χ4v) is 5.24. The van der Waals surface area contributed by atoms with E-state index in [-0.39, 0.29) is 0 Å². The predicted molar refractivity (Wildman–Crippen MR) is 145 cm³/mol.